The molecule has 2 aromatic heterocycles. The molecule has 0 spiro atoms. The van der Waals surface area contributed by atoms with Crippen molar-refractivity contribution < 1.29 is 26.3 Å². The summed E-state index contributed by atoms with van der Waals surface area (Å²) in [6.45, 7) is 0. The predicted molar refractivity (Wildman–Crippen MR) is 50.0 cm³/mol. The number of nitrogen functional groups attached to an aromatic ring is 1. The van der Waals surface area contributed by atoms with Gasteiger partial charge in [-0.3, -0.25) is 0 Å². The monoisotopic (exact) mass is 285 g/mol. The summed E-state index contributed by atoms with van der Waals surface area (Å²) in [6.07, 6.45) is -10.4. The van der Waals surface area contributed by atoms with E-state index in [1.165, 1.54) is 0 Å². The molecule has 104 valence electrons. The van der Waals surface area contributed by atoms with Gasteiger partial charge in [-0.1, -0.05) is 0 Å². The van der Waals surface area contributed by atoms with Crippen molar-refractivity contribution in [1.29, 1.82) is 0 Å². The second kappa shape index (κ2) is 3.96. The lowest BCUT2D eigenvalue weighted by molar-refractivity contribution is -0.136. The van der Waals surface area contributed by atoms with Gasteiger partial charge in [0, 0.05) is 0 Å². The summed E-state index contributed by atoms with van der Waals surface area (Å²) >= 11 is 0. The van der Waals surface area contributed by atoms with Gasteiger partial charge in [-0.05, 0) is 0 Å². The van der Waals surface area contributed by atoms with Gasteiger partial charge in [0.1, 0.15) is 12.0 Å². The Morgan fingerprint density at radius 2 is 1.74 bits per heavy atom. The molecule has 2 aromatic rings. The lowest BCUT2D eigenvalue weighted by Gasteiger charge is -2.10. The third kappa shape index (κ3) is 2.53. The molecule has 0 bridgehead atoms. The number of halogens is 6. The molecule has 0 unspecified atom stereocenters. The van der Waals surface area contributed by atoms with E-state index in [1.807, 2.05) is 0 Å². The first-order chi connectivity index (χ1) is 8.59. The summed E-state index contributed by atoms with van der Waals surface area (Å²) in [7, 11) is 0. The number of hydrogen-bond acceptors (Lipinski definition) is 4. The fraction of sp³-hybridized carbons (Fsp3) is 0.375. The molecule has 2 N–H and O–H groups in total. The van der Waals surface area contributed by atoms with Gasteiger partial charge in [0.15, 0.2) is 11.5 Å². The standard InChI is InChI=1S/C8H5F6N5/c9-7(10,11)1-4-17-18-6-5(8(12,13)14)3(15)2-16-19(4)6/h2H,1,15H2. The summed E-state index contributed by atoms with van der Waals surface area (Å²) in [4.78, 5) is 0. The molecule has 19 heavy (non-hydrogen) atoms. The van der Waals surface area contributed by atoms with Crippen molar-refractivity contribution in [3.63, 3.8) is 0 Å². The SMILES string of the molecule is Nc1cnn2c(CC(F)(F)F)nnc2c1C(F)(F)F. The van der Waals surface area contributed by atoms with E-state index in [-0.39, 0.29) is 0 Å². The molecule has 0 amide bonds. The first-order valence-corrected chi connectivity index (χ1v) is 4.72. The van der Waals surface area contributed by atoms with Gasteiger partial charge >= 0.3 is 12.4 Å². The van der Waals surface area contributed by atoms with Crippen LogP contribution in [0.5, 0.6) is 0 Å². The van der Waals surface area contributed by atoms with Crippen LogP contribution in [0.1, 0.15) is 11.4 Å². The van der Waals surface area contributed by atoms with E-state index in [9.17, 15) is 26.3 Å². The number of nitrogens with zero attached hydrogens (tertiary/aromatic N) is 4. The maximum absolute atomic E-state index is 12.7. The molecule has 0 radical (unpaired) electrons. The van der Waals surface area contributed by atoms with Gasteiger partial charge < -0.3 is 5.73 Å². The van der Waals surface area contributed by atoms with Crippen LogP contribution in [0.3, 0.4) is 0 Å². The zero-order valence-electron chi connectivity index (χ0n) is 8.92. The number of fused-ring (bicyclic) bond motifs is 1. The maximum Gasteiger partial charge on any atom is 0.422 e. The van der Waals surface area contributed by atoms with Gasteiger partial charge in [-0.2, -0.15) is 36.0 Å². The Bertz CT molecular complexity index is 612. The minimum Gasteiger partial charge on any atom is -0.397 e. The van der Waals surface area contributed by atoms with Crippen molar-refractivity contribution in [3.8, 4) is 0 Å². The van der Waals surface area contributed by atoms with Gasteiger partial charge in [-0.15, -0.1) is 10.2 Å². The summed E-state index contributed by atoms with van der Waals surface area (Å²) in [5, 5.41) is 9.52. The highest BCUT2D eigenvalue weighted by Gasteiger charge is 2.38. The molecule has 0 aliphatic carbocycles. The fourth-order valence-electron chi connectivity index (χ4n) is 1.48. The molecule has 2 heterocycles. The summed E-state index contributed by atoms with van der Waals surface area (Å²) in [5.41, 5.74) is 2.18. The van der Waals surface area contributed by atoms with Crippen LogP contribution < -0.4 is 5.73 Å². The predicted octanol–water partition coefficient (Wildman–Crippen LogP) is 1.83. The fourth-order valence-corrected chi connectivity index (χ4v) is 1.48. The second-order valence-electron chi connectivity index (χ2n) is 3.62. The first kappa shape index (κ1) is 13.4. The van der Waals surface area contributed by atoms with Crippen LogP contribution >= 0.6 is 0 Å². The minimum absolute atomic E-state index is 0.382. The molecule has 11 heteroatoms. The second-order valence-corrected chi connectivity index (χ2v) is 3.62. The normalized spacial score (nSPS) is 13.2. The molecule has 0 atom stereocenters. The van der Waals surface area contributed by atoms with Crippen molar-refractivity contribution in [2.75, 3.05) is 5.73 Å². The molecule has 0 aromatic carbocycles. The van der Waals surface area contributed by atoms with E-state index in [0.717, 1.165) is 0 Å². The molecule has 0 aliphatic heterocycles. The van der Waals surface area contributed by atoms with Gasteiger partial charge in [0.05, 0.1) is 11.9 Å². The number of anilines is 1. The molecule has 0 saturated heterocycles. The molecule has 5 nitrogen and oxygen atoms in total. The lowest BCUT2D eigenvalue weighted by Crippen LogP contribution is -2.17. The minimum atomic E-state index is -4.86. The zero-order valence-corrected chi connectivity index (χ0v) is 8.92. The average Bonchev–Trinajstić information content (AvgIpc) is 2.56. The van der Waals surface area contributed by atoms with E-state index in [0.29, 0.717) is 10.7 Å². The van der Waals surface area contributed by atoms with Gasteiger partial charge in [0.25, 0.3) is 0 Å². The van der Waals surface area contributed by atoms with Crippen molar-refractivity contribution in [1.82, 2.24) is 19.8 Å². The Kier molecular flexibility index (Phi) is 2.79. The molecule has 0 fully saturated rings. The maximum atomic E-state index is 12.7. The molecule has 2 rings (SSSR count). The molecule has 0 aliphatic rings. The van der Waals surface area contributed by atoms with Crippen LogP contribution in [0, 0.1) is 0 Å². The van der Waals surface area contributed by atoms with Crippen LogP contribution in [0.4, 0.5) is 32.0 Å². The smallest absolute Gasteiger partial charge is 0.397 e. The highest BCUT2D eigenvalue weighted by atomic mass is 19.4. The molecular weight excluding hydrogens is 280 g/mol. The van der Waals surface area contributed by atoms with Crippen LogP contribution in [0.25, 0.3) is 5.65 Å². The summed E-state index contributed by atoms with van der Waals surface area (Å²) in [5.74, 6) is -0.743. The third-order valence-corrected chi connectivity index (χ3v) is 2.17. The highest BCUT2D eigenvalue weighted by molar-refractivity contribution is 5.61. The first-order valence-electron chi connectivity index (χ1n) is 4.72. The van der Waals surface area contributed by atoms with Crippen molar-refractivity contribution in [3.05, 3.63) is 17.6 Å². The van der Waals surface area contributed by atoms with Gasteiger partial charge in [0.2, 0.25) is 0 Å². The van der Waals surface area contributed by atoms with Crippen molar-refractivity contribution in [2.24, 2.45) is 0 Å². The van der Waals surface area contributed by atoms with Crippen LogP contribution in [0.2, 0.25) is 0 Å². The van der Waals surface area contributed by atoms with Crippen LogP contribution in [-0.2, 0) is 12.6 Å². The Morgan fingerprint density at radius 1 is 1.11 bits per heavy atom. The van der Waals surface area contributed by atoms with E-state index < -0.39 is 41.5 Å². The highest BCUT2D eigenvalue weighted by Crippen LogP contribution is 2.35. The van der Waals surface area contributed by atoms with Gasteiger partial charge in [-0.25, -0.2) is 0 Å². The average molecular weight is 285 g/mol. The lowest BCUT2D eigenvalue weighted by atomic mass is 10.2. The Balaban J connectivity index is 2.64. The Labute approximate surface area is 101 Å². The Morgan fingerprint density at radius 3 is 2.26 bits per heavy atom. The van der Waals surface area contributed by atoms with E-state index >= 15 is 0 Å². The Hall–Kier alpha value is -2.07. The van der Waals surface area contributed by atoms with E-state index in [2.05, 4.69) is 15.3 Å². The largest absolute Gasteiger partial charge is 0.422 e. The van der Waals surface area contributed by atoms with Crippen LogP contribution in [-0.4, -0.2) is 26.0 Å². The van der Waals surface area contributed by atoms with Crippen LogP contribution in [0.15, 0.2) is 6.20 Å². The number of hydrogen-bond donors (Lipinski definition) is 1. The summed E-state index contributed by atoms with van der Waals surface area (Å²) < 4.78 is 75.1. The number of alkyl halides is 6. The topological polar surface area (TPSA) is 69.1 Å². The van der Waals surface area contributed by atoms with E-state index in [4.69, 9.17) is 5.73 Å². The van der Waals surface area contributed by atoms with Crippen molar-refractivity contribution >= 4 is 11.3 Å². The summed E-state index contributed by atoms with van der Waals surface area (Å²) in [6, 6.07) is 0. The quantitative estimate of drug-likeness (QED) is 0.812. The molecular formula is C8H5F6N5. The van der Waals surface area contributed by atoms with Crippen molar-refractivity contribution in [2.45, 2.75) is 18.8 Å². The number of nitrogens with two attached hydrogens (primary N) is 1. The zero-order chi connectivity index (χ0) is 14.4. The van der Waals surface area contributed by atoms with E-state index in [1.54, 1.807) is 0 Å². The number of rotatable bonds is 1. The third-order valence-electron chi connectivity index (χ3n) is 2.17. The molecule has 0 saturated carbocycles. The number of aromatic nitrogens is 4.